The number of aliphatic carboxylic acids is 1. The number of carboxylic acid groups (broad SMARTS) is 1. The summed E-state index contributed by atoms with van der Waals surface area (Å²) in [6.45, 7) is 23.1. The normalized spacial score (nSPS) is 29.3. The Morgan fingerprint density at radius 2 is 1.75 bits per heavy atom. The molecule has 1 unspecified atom stereocenters. The highest BCUT2D eigenvalue weighted by Gasteiger charge is 2.64. The fourth-order valence-electron chi connectivity index (χ4n) is 10.3. The highest BCUT2D eigenvalue weighted by molar-refractivity contribution is 6.03. The van der Waals surface area contributed by atoms with Crippen LogP contribution in [0.3, 0.4) is 0 Å². The van der Waals surface area contributed by atoms with Crippen LogP contribution in [0, 0.1) is 45.3 Å². The van der Waals surface area contributed by atoms with E-state index in [2.05, 4.69) is 78.0 Å². The number of ether oxygens (including phenoxy) is 1. The van der Waals surface area contributed by atoms with E-state index in [4.69, 9.17) is 4.74 Å². The molecular formula is C41H66N4O6. The number of nitrogens with one attached hydrogen (secondary N) is 2. The molecule has 0 radical (unpaired) electrons. The standard InChI is InChI=1S/C41H66N4O6/c1-13-18-39(10)28(26(4)14-17-31(37(5,6)7)51-32(47)22-38(8,9)35(48)49)15-16-29-34-33(25(2)3)30(46)21-41(34,20-19-40(29,39)11)44-36(50)43-27-23-42-45(12)24-27/h23-26,28-29,31H,13-22H2,1-12H3,(H,48,49)(H2,43,44,50)/t26?,28-,29-,31+,39-,40-,41-/m1/s1. The van der Waals surface area contributed by atoms with Gasteiger partial charge in [0.05, 0.1) is 29.3 Å². The SMILES string of the molecule is CCC[C@]1(C)[C@@H](C(C)CC[C@H](OC(=O)CC(C)(C)C(=O)O)C(C)(C)C)CC[C@@H]2C3=C(C(C)C)C(=O)C[C@]3(NC(=O)Nc3cnn(C)c3)CC[C@]21C. The van der Waals surface area contributed by atoms with Crippen LogP contribution >= 0.6 is 0 Å². The van der Waals surface area contributed by atoms with E-state index in [0.29, 0.717) is 36.8 Å². The fraction of sp³-hybridized carbons (Fsp3) is 0.780. The first-order chi connectivity index (χ1) is 23.5. The van der Waals surface area contributed by atoms with Crippen molar-refractivity contribution in [2.75, 3.05) is 5.32 Å². The van der Waals surface area contributed by atoms with Crippen LogP contribution in [0.1, 0.15) is 140 Å². The quantitative estimate of drug-likeness (QED) is 0.174. The lowest BCUT2D eigenvalue weighted by Crippen LogP contribution is -2.62. The van der Waals surface area contributed by atoms with Gasteiger partial charge in [-0.25, -0.2) is 4.79 Å². The van der Waals surface area contributed by atoms with Gasteiger partial charge in [-0.05, 0) is 110 Å². The molecule has 10 nitrogen and oxygen atoms in total. The number of carbonyl (C=O) groups excluding carboxylic acids is 3. The monoisotopic (exact) mass is 710 g/mol. The number of Topliss-reactive ketones (excluding diaryl/α,β-unsaturated/α-hetero) is 1. The van der Waals surface area contributed by atoms with E-state index < -0.39 is 22.9 Å². The number of nitrogens with zero attached hydrogens (tertiary/aromatic N) is 2. The minimum absolute atomic E-state index is 0.0195. The third-order valence-corrected chi connectivity index (χ3v) is 13.3. The Hall–Kier alpha value is -3.17. The highest BCUT2D eigenvalue weighted by Crippen LogP contribution is 2.69. The van der Waals surface area contributed by atoms with Gasteiger partial charge in [0.25, 0.3) is 0 Å². The number of carbonyl (C=O) groups is 4. The van der Waals surface area contributed by atoms with Gasteiger partial charge in [0.1, 0.15) is 6.10 Å². The number of aromatic nitrogens is 2. The largest absolute Gasteiger partial charge is 0.481 e. The van der Waals surface area contributed by atoms with E-state index in [1.807, 2.05) is 7.05 Å². The van der Waals surface area contributed by atoms with E-state index in [1.165, 1.54) is 5.57 Å². The maximum absolute atomic E-state index is 13.9. The van der Waals surface area contributed by atoms with Crippen LogP contribution in [0.4, 0.5) is 10.5 Å². The first kappa shape index (κ1) is 40.6. The first-order valence-electron chi connectivity index (χ1n) is 19.3. The Morgan fingerprint density at radius 3 is 2.29 bits per heavy atom. The molecule has 51 heavy (non-hydrogen) atoms. The minimum Gasteiger partial charge on any atom is -0.481 e. The summed E-state index contributed by atoms with van der Waals surface area (Å²) in [6.07, 6.45) is 10.5. The summed E-state index contributed by atoms with van der Waals surface area (Å²) in [7, 11) is 1.81. The van der Waals surface area contributed by atoms with Gasteiger partial charge in [0, 0.05) is 19.7 Å². The number of esters is 1. The van der Waals surface area contributed by atoms with E-state index in [9.17, 15) is 24.3 Å². The van der Waals surface area contributed by atoms with Crippen molar-refractivity contribution in [1.29, 1.82) is 0 Å². The molecule has 10 heteroatoms. The minimum atomic E-state index is -1.19. The van der Waals surface area contributed by atoms with Crippen LogP contribution in [-0.4, -0.2) is 50.3 Å². The van der Waals surface area contributed by atoms with E-state index in [0.717, 1.165) is 44.1 Å². The Morgan fingerprint density at radius 1 is 1.08 bits per heavy atom. The molecular weight excluding hydrogens is 644 g/mol. The van der Waals surface area contributed by atoms with Crippen LogP contribution in [-0.2, 0) is 26.2 Å². The molecule has 2 saturated carbocycles. The second-order valence-electron chi connectivity index (χ2n) is 18.7. The van der Waals surface area contributed by atoms with Crippen molar-refractivity contribution in [3.05, 3.63) is 23.5 Å². The first-order valence-corrected chi connectivity index (χ1v) is 19.3. The second-order valence-corrected chi connectivity index (χ2v) is 18.7. The summed E-state index contributed by atoms with van der Waals surface area (Å²) in [4.78, 5) is 52.1. The smallest absolute Gasteiger partial charge is 0.320 e. The summed E-state index contributed by atoms with van der Waals surface area (Å²) in [6, 6.07) is -0.304. The number of urea groups is 1. The molecule has 1 heterocycles. The molecule has 0 saturated heterocycles. The zero-order valence-corrected chi connectivity index (χ0v) is 33.5. The molecule has 0 spiro atoms. The van der Waals surface area contributed by atoms with E-state index in [1.54, 1.807) is 30.9 Å². The van der Waals surface area contributed by atoms with Gasteiger partial charge in [-0.15, -0.1) is 0 Å². The maximum atomic E-state index is 13.9. The number of fused-ring (bicyclic) bond motifs is 3. The molecule has 0 aromatic carbocycles. The number of hydrogen-bond donors (Lipinski definition) is 3. The van der Waals surface area contributed by atoms with Gasteiger partial charge in [-0.2, -0.15) is 5.10 Å². The van der Waals surface area contributed by atoms with Crippen molar-refractivity contribution in [3.63, 3.8) is 0 Å². The summed E-state index contributed by atoms with van der Waals surface area (Å²) in [5.41, 5.74) is 0.429. The predicted octanol–water partition coefficient (Wildman–Crippen LogP) is 8.71. The number of anilines is 1. The van der Waals surface area contributed by atoms with Gasteiger partial charge in [0.2, 0.25) is 0 Å². The van der Waals surface area contributed by atoms with Gasteiger partial charge >= 0.3 is 18.0 Å². The van der Waals surface area contributed by atoms with Crippen molar-refractivity contribution >= 4 is 29.4 Å². The van der Waals surface area contributed by atoms with Crippen molar-refractivity contribution < 1.29 is 29.0 Å². The highest BCUT2D eigenvalue weighted by atomic mass is 16.5. The number of rotatable bonds is 13. The molecule has 0 bridgehead atoms. The number of ketones is 1. The molecule has 2 fully saturated rings. The number of amides is 2. The van der Waals surface area contributed by atoms with Gasteiger partial charge in [-0.3, -0.25) is 19.1 Å². The maximum Gasteiger partial charge on any atom is 0.320 e. The second kappa shape index (κ2) is 14.7. The lowest BCUT2D eigenvalue weighted by atomic mass is 9.40. The molecule has 286 valence electrons. The molecule has 4 rings (SSSR count). The Labute approximate surface area is 306 Å². The number of hydrogen-bond acceptors (Lipinski definition) is 6. The predicted molar refractivity (Wildman–Crippen MR) is 200 cm³/mol. The number of allylic oxidation sites excluding steroid dienone is 1. The average molecular weight is 711 g/mol. The van der Waals surface area contributed by atoms with Crippen LogP contribution in [0.15, 0.2) is 23.5 Å². The fourth-order valence-corrected chi connectivity index (χ4v) is 10.3. The summed E-state index contributed by atoms with van der Waals surface area (Å²) >= 11 is 0. The molecule has 2 amide bonds. The van der Waals surface area contributed by atoms with Gasteiger partial charge in [-0.1, -0.05) is 68.7 Å². The number of aryl methyl sites for hydroxylation is 1. The van der Waals surface area contributed by atoms with Crippen molar-refractivity contribution in [3.8, 4) is 0 Å². The van der Waals surface area contributed by atoms with Crippen LogP contribution < -0.4 is 10.6 Å². The van der Waals surface area contributed by atoms with Crippen molar-refractivity contribution in [2.24, 2.45) is 52.4 Å². The van der Waals surface area contributed by atoms with Crippen molar-refractivity contribution in [1.82, 2.24) is 15.1 Å². The molecule has 3 aliphatic carbocycles. The van der Waals surface area contributed by atoms with Crippen molar-refractivity contribution in [2.45, 2.75) is 152 Å². The molecule has 0 aliphatic heterocycles. The van der Waals surface area contributed by atoms with Crippen LogP contribution in [0.25, 0.3) is 0 Å². The molecule has 3 N–H and O–H groups in total. The molecule has 1 aromatic heterocycles. The third kappa shape index (κ3) is 7.95. The van der Waals surface area contributed by atoms with Gasteiger partial charge < -0.3 is 20.5 Å². The third-order valence-electron chi connectivity index (χ3n) is 13.3. The average Bonchev–Trinajstić information content (AvgIpc) is 3.53. The summed E-state index contributed by atoms with van der Waals surface area (Å²) < 4.78 is 7.68. The molecule has 3 aliphatic rings. The number of carboxylic acids is 1. The summed E-state index contributed by atoms with van der Waals surface area (Å²) in [5, 5.41) is 20.0. The Bertz CT molecular complexity index is 1520. The molecule has 1 aromatic rings. The lowest BCUT2D eigenvalue weighted by Gasteiger charge is -2.65. The van der Waals surface area contributed by atoms with Crippen LogP contribution in [0.2, 0.25) is 0 Å². The lowest BCUT2D eigenvalue weighted by molar-refractivity contribution is -0.164. The topological polar surface area (TPSA) is 140 Å². The zero-order valence-electron chi connectivity index (χ0n) is 33.5. The van der Waals surface area contributed by atoms with Crippen LogP contribution in [0.5, 0.6) is 0 Å². The van der Waals surface area contributed by atoms with Gasteiger partial charge in [0.15, 0.2) is 5.78 Å². The Kier molecular flexibility index (Phi) is 11.7. The van der Waals surface area contributed by atoms with E-state index >= 15 is 0 Å². The summed E-state index contributed by atoms with van der Waals surface area (Å²) in [5.74, 6) is -0.295. The van der Waals surface area contributed by atoms with E-state index in [-0.39, 0.29) is 52.4 Å². The zero-order chi connectivity index (χ0) is 38.3. The Balaban J connectivity index is 1.61. The molecule has 7 atom stereocenters.